The molecule has 494 valence electrons. The van der Waals surface area contributed by atoms with E-state index in [0.29, 0.717) is 0 Å². The van der Waals surface area contributed by atoms with E-state index >= 15 is 0 Å². The molecule has 0 nitrogen and oxygen atoms in total. The van der Waals surface area contributed by atoms with Crippen LogP contribution in [0.1, 0.15) is 0 Å². The first kappa shape index (κ1) is 63.2. The summed E-state index contributed by atoms with van der Waals surface area (Å²) >= 11 is 0. The second kappa shape index (κ2) is 27.5. The maximum Gasteiger partial charge on any atom is -0.00201 e. The third-order valence-electron chi connectivity index (χ3n) is 21.5. The van der Waals surface area contributed by atoms with Crippen molar-refractivity contribution in [2.75, 3.05) is 0 Å². The summed E-state index contributed by atoms with van der Waals surface area (Å²) in [6.45, 7) is 0. The van der Waals surface area contributed by atoms with E-state index in [4.69, 9.17) is 0 Å². The molecular formula is C106H70. The van der Waals surface area contributed by atoms with Gasteiger partial charge in [0, 0.05) is 0 Å². The predicted octanol–water partition coefficient (Wildman–Crippen LogP) is 29.9. The van der Waals surface area contributed by atoms with Crippen molar-refractivity contribution in [3.05, 3.63) is 425 Å². The van der Waals surface area contributed by atoms with Crippen LogP contribution in [0.4, 0.5) is 0 Å². The Morgan fingerprint density at radius 1 is 0.0943 bits per heavy atom. The molecule has 0 heteroatoms. The molecular weight excluding hydrogens is 1270 g/mol. The standard InChI is InChI=1S/2C36H24.C34H22/c1-2-11-25(12-3-1)28-15-10-16-29(23-28)35-31-17-6-8-19-33(31)36(34-20-9-7-18-32(34)35)30-22-21-26-13-4-5-14-27(26)24-30;1-2-13-26(14-3-1)29-16-6-7-17-30(29)36-33-20-10-8-18-31(33)35(32-19-9-11-21-34(32)36)28-23-22-25-12-4-5-15-27(25)24-28;1-2-12-25-22-26(21-20-23(25)10-1)33-29-15-5-7-17-31(29)34(32-18-8-6-16-30(32)33)28-19-9-13-24-11-3-4-14-27(24)28/h2*1-24H;1-22H. The molecule has 0 radical (unpaired) electrons. The maximum atomic E-state index is 2.33. The van der Waals surface area contributed by atoms with Crippen molar-refractivity contribution < 1.29 is 0 Å². The van der Waals surface area contributed by atoms with Gasteiger partial charge >= 0.3 is 0 Å². The second-order valence-electron chi connectivity index (χ2n) is 27.6. The normalized spacial score (nSPS) is 11.4. The molecule has 21 aromatic carbocycles. The van der Waals surface area contributed by atoms with Crippen LogP contribution in [-0.4, -0.2) is 0 Å². The minimum Gasteiger partial charge on any atom is -0.0622 e. The van der Waals surface area contributed by atoms with Gasteiger partial charge in [0.15, 0.2) is 0 Å². The van der Waals surface area contributed by atoms with E-state index < -0.39 is 0 Å². The second-order valence-corrected chi connectivity index (χ2v) is 27.6. The largest absolute Gasteiger partial charge is 0.0622 e. The zero-order valence-electron chi connectivity index (χ0n) is 58.4. The Labute approximate surface area is 617 Å². The minimum atomic E-state index is 1.24. The van der Waals surface area contributed by atoms with Gasteiger partial charge in [-0.2, -0.15) is 0 Å². The van der Waals surface area contributed by atoms with Crippen LogP contribution in [0.2, 0.25) is 0 Å². The van der Waals surface area contributed by atoms with E-state index in [1.807, 2.05) is 0 Å². The van der Waals surface area contributed by atoms with Gasteiger partial charge in [-0.05, 0) is 221 Å². The Morgan fingerprint density at radius 2 is 0.330 bits per heavy atom. The molecule has 0 fully saturated rings. The van der Waals surface area contributed by atoms with E-state index in [1.165, 1.54) is 197 Å². The van der Waals surface area contributed by atoms with Gasteiger partial charge in [0.1, 0.15) is 0 Å². The van der Waals surface area contributed by atoms with Gasteiger partial charge in [-0.15, -0.1) is 0 Å². The molecule has 0 N–H and O–H groups in total. The molecule has 0 bridgehead atoms. The highest BCUT2D eigenvalue weighted by molar-refractivity contribution is 6.26. The quantitative estimate of drug-likeness (QED) is 0.133. The third kappa shape index (κ3) is 11.5. The van der Waals surface area contributed by atoms with E-state index in [2.05, 4.69) is 425 Å². The molecule has 0 saturated carbocycles. The van der Waals surface area contributed by atoms with E-state index in [0.717, 1.165) is 0 Å². The van der Waals surface area contributed by atoms with E-state index in [-0.39, 0.29) is 0 Å². The molecule has 0 spiro atoms. The summed E-state index contributed by atoms with van der Waals surface area (Å²) in [6.07, 6.45) is 0. The first-order valence-electron chi connectivity index (χ1n) is 36.7. The highest BCUT2D eigenvalue weighted by Gasteiger charge is 2.22. The minimum absolute atomic E-state index is 1.24. The fourth-order valence-corrected chi connectivity index (χ4v) is 16.7. The Kier molecular flexibility index (Phi) is 16.4. The predicted molar refractivity (Wildman–Crippen MR) is 458 cm³/mol. The Morgan fingerprint density at radius 3 is 0.717 bits per heavy atom. The number of rotatable bonds is 8. The molecule has 0 unspecified atom stereocenters. The first-order chi connectivity index (χ1) is 52.6. The van der Waals surface area contributed by atoms with Crippen molar-refractivity contribution >= 4 is 108 Å². The van der Waals surface area contributed by atoms with Crippen molar-refractivity contribution in [3.8, 4) is 89.0 Å². The summed E-state index contributed by atoms with van der Waals surface area (Å²) in [6, 6.07) is 154. The van der Waals surface area contributed by atoms with Crippen LogP contribution in [-0.2, 0) is 0 Å². The van der Waals surface area contributed by atoms with Gasteiger partial charge in [0.05, 0.1) is 0 Å². The molecule has 0 aliphatic carbocycles. The SMILES string of the molecule is c1ccc(-c2cccc(-c3c4ccccc4c(-c4ccc5ccccc5c4)c4ccccc34)c2)cc1.c1ccc(-c2ccccc2-c2c3ccccc3c(-c3ccc4ccccc4c3)c3ccccc23)cc1.c1ccc2cc(-c3c4ccccc4c(-c4cccc5ccccc45)c4ccccc34)ccc2c1. The number of fused-ring (bicyclic) bond motifs is 10. The average Bonchev–Trinajstić information content (AvgIpc) is 0.741. The highest BCUT2D eigenvalue weighted by Crippen LogP contribution is 2.50. The molecule has 21 rings (SSSR count). The Balaban J connectivity index is 0.000000109. The van der Waals surface area contributed by atoms with Crippen LogP contribution in [0.3, 0.4) is 0 Å². The smallest absolute Gasteiger partial charge is 0.00201 e. The van der Waals surface area contributed by atoms with Gasteiger partial charge in [0.25, 0.3) is 0 Å². The Bertz CT molecular complexity index is 6760. The van der Waals surface area contributed by atoms with Gasteiger partial charge in [-0.25, -0.2) is 0 Å². The fraction of sp³-hybridized carbons (Fsp3) is 0. The number of hydrogen-bond donors (Lipinski definition) is 0. The van der Waals surface area contributed by atoms with Crippen LogP contribution in [0.5, 0.6) is 0 Å². The van der Waals surface area contributed by atoms with Crippen molar-refractivity contribution in [2.24, 2.45) is 0 Å². The maximum absolute atomic E-state index is 2.33. The topological polar surface area (TPSA) is 0 Å². The average molecular weight is 1340 g/mol. The number of hydrogen-bond acceptors (Lipinski definition) is 0. The summed E-state index contributed by atoms with van der Waals surface area (Å²) in [5.74, 6) is 0. The zero-order valence-corrected chi connectivity index (χ0v) is 58.4. The number of benzene rings is 21. The molecule has 0 saturated heterocycles. The van der Waals surface area contributed by atoms with Crippen molar-refractivity contribution in [3.63, 3.8) is 0 Å². The van der Waals surface area contributed by atoms with Gasteiger partial charge in [-0.3, -0.25) is 0 Å². The molecule has 0 aliphatic heterocycles. The molecule has 0 heterocycles. The summed E-state index contributed by atoms with van der Waals surface area (Å²) < 4.78 is 0. The lowest BCUT2D eigenvalue weighted by molar-refractivity contribution is 1.61. The van der Waals surface area contributed by atoms with Crippen molar-refractivity contribution in [2.45, 2.75) is 0 Å². The van der Waals surface area contributed by atoms with Gasteiger partial charge in [-0.1, -0.05) is 400 Å². The van der Waals surface area contributed by atoms with Crippen LogP contribution in [0, 0.1) is 0 Å². The highest BCUT2D eigenvalue weighted by atomic mass is 14.3. The van der Waals surface area contributed by atoms with Gasteiger partial charge in [0.2, 0.25) is 0 Å². The lowest BCUT2D eigenvalue weighted by Gasteiger charge is -2.20. The molecule has 21 aromatic rings. The zero-order chi connectivity index (χ0) is 70.3. The lowest BCUT2D eigenvalue weighted by Crippen LogP contribution is -1.92. The molecule has 0 atom stereocenters. The molecule has 0 amide bonds. The van der Waals surface area contributed by atoms with E-state index in [1.54, 1.807) is 0 Å². The summed E-state index contributed by atoms with van der Waals surface area (Å²) in [4.78, 5) is 0. The summed E-state index contributed by atoms with van der Waals surface area (Å²) in [7, 11) is 0. The van der Waals surface area contributed by atoms with Crippen molar-refractivity contribution in [1.29, 1.82) is 0 Å². The first-order valence-corrected chi connectivity index (χ1v) is 36.7. The molecule has 0 aromatic heterocycles. The lowest BCUT2D eigenvalue weighted by atomic mass is 9.83. The molecule has 106 heavy (non-hydrogen) atoms. The van der Waals surface area contributed by atoms with Crippen molar-refractivity contribution in [1.82, 2.24) is 0 Å². The summed E-state index contributed by atoms with van der Waals surface area (Å²) in [5, 5.41) is 25.6. The monoisotopic (exact) mass is 1340 g/mol. The third-order valence-corrected chi connectivity index (χ3v) is 21.5. The van der Waals surface area contributed by atoms with Crippen LogP contribution in [0.15, 0.2) is 425 Å². The fourth-order valence-electron chi connectivity index (χ4n) is 16.7. The van der Waals surface area contributed by atoms with E-state index in [9.17, 15) is 0 Å². The summed E-state index contributed by atoms with van der Waals surface area (Å²) in [5.41, 5.74) is 20.3. The Hall–Kier alpha value is -13.8. The molecule has 0 aliphatic rings. The van der Waals surface area contributed by atoms with Crippen LogP contribution in [0.25, 0.3) is 197 Å². The van der Waals surface area contributed by atoms with Crippen LogP contribution >= 0.6 is 0 Å². The van der Waals surface area contributed by atoms with Gasteiger partial charge < -0.3 is 0 Å². The van der Waals surface area contributed by atoms with Crippen LogP contribution < -0.4 is 0 Å².